The van der Waals surface area contributed by atoms with Gasteiger partial charge in [0, 0.05) is 0 Å². The van der Waals surface area contributed by atoms with Crippen LogP contribution < -0.4 is 15.7 Å². The van der Waals surface area contributed by atoms with Gasteiger partial charge in [-0.1, -0.05) is 56.3 Å². The van der Waals surface area contributed by atoms with Crippen molar-refractivity contribution >= 4 is 18.0 Å². The lowest BCUT2D eigenvalue weighted by Crippen LogP contribution is -2.56. The third-order valence-corrected chi connectivity index (χ3v) is 4.41. The number of phenols is 1. The van der Waals surface area contributed by atoms with Gasteiger partial charge >= 0.3 is 6.09 Å². The van der Waals surface area contributed by atoms with Gasteiger partial charge in [-0.2, -0.15) is 0 Å². The Morgan fingerprint density at radius 2 is 1.60 bits per heavy atom. The zero-order valence-corrected chi connectivity index (χ0v) is 16.8. The molecular formula is C22H25N2O6-. The lowest BCUT2D eigenvalue weighted by Gasteiger charge is -2.26. The fraction of sp³-hybridized carbons (Fsp3) is 0.318. The number of hydrogen-bond donors (Lipinski definition) is 3. The van der Waals surface area contributed by atoms with Crippen LogP contribution in [0, 0.1) is 5.92 Å². The molecule has 8 heteroatoms. The lowest BCUT2D eigenvalue weighted by molar-refractivity contribution is -0.308. The summed E-state index contributed by atoms with van der Waals surface area (Å²) in [5.74, 6) is -2.38. The van der Waals surface area contributed by atoms with Crippen LogP contribution in [0.1, 0.15) is 25.0 Å². The third kappa shape index (κ3) is 7.12. The molecule has 30 heavy (non-hydrogen) atoms. The van der Waals surface area contributed by atoms with Crippen LogP contribution in [0.25, 0.3) is 0 Å². The summed E-state index contributed by atoms with van der Waals surface area (Å²) in [6.45, 7) is 3.48. The van der Waals surface area contributed by atoms with Gasteiger partial charge in [0.05, 0.1) is 12.0 Å². The van der Waals surface area contributed by atoms with Crippen molar-refractivity contribution in [2.75, 3.05) is 0 Å². The summed E-state index contributed by atoms with van der Waals surface area (Å²) in [7, 11) is 0. The van der Waals surface area contributed by atoms with E-state index >= 15 is 0 Å². The first-order valence-electron chi connectivity index (χ1n) is 9.52. The van der Waals surface area contributed by atoms with Crippen molar-refractivity contribution in [3.63, 3.8) is 0 Å². The average Bonchev–Trinajstić information content (AvgIpc) is 2.71. The topological polar surface area (TPSA) is 128 Å². The number of hydrogen-bond acceptors (Lipinski definition) is 6. The summed E-state index contributed by atoms with van der Waals surface area (Å²) in [5.41, 5.74) is 1.39. The van der Waals surface area contributed by atoms with Gasteiger partial charge in [0.2, 0.25) is 5.91 Å². The predicted octanol–water partition coefficient (Wildman–Crippen LogP) is 1.12. The van der Waals surface area contributed by atoms with Crippen molar-refractivity contribution in [3.8, 4) is 5.75 Å². The highest BCUT2D eigenvalue weighted by Gasteiger charge is 2.27. The molecule has 2 amide bonds. The molecule has 0 unspecified atom stereocenters. The molecule has 0 aliphatic carbocycles. The molecule has 0 radical (unpaired) electrons. The highest BCUT2D eigenvalue weighted by molar-refractivity contribution is 5.89. The molecular weight excluding hydrogens is 388 g/mol. The Bertz CT molecular complexity index is 852. The van der Waals surface area contributed by atoms with Gasteiger partial charge in [0.1, 0.15) is 18.4 Å². The first-order valence-corrected chi connectivity index (χ1v) is 9.52. The summed E-state index contributed by atoms with van der Waals surface area (Å²) in [6.07, 6.45) is -0.811. The second-order valence-electron chi connectivity index (χ2n) is 7.18. The van der Waals surface area contributed by atoms with Crippen molar-refractivity contribution in [3.05, 3.63) is 65.7 Å². The van der Waals surface area contributed by atoms with Crippen molar-refractivity contribution in [1.82, 2.24) is 10.6 Å². The Kier molecular flexibility index (Phi) is 8.22. The number of carbonyl (C=O) groups excluding carboxylic acids is 3. The van der Waals surface area contributed by atoms with Gasteiger partial charge in [-0.3, -0.25) is 4.79 Å². The molecule has 160 valence electrons. The molecule has 0 aliphatic heterocycles. The van der Waals surface area contributed by atoms with E-state index < -0.39 is 30.1 Å². The maximum atomic E-state index is 12.6. The fourth-order valence-corrected chi connectivity index (χ4v) is 2.75. The number of alkyl carbamates (subject to hydrolysis) is 1. The number of amides is 2. The first-order chi connectivity index (χ1) is 14.3. The minimum absolute atomic E-state index is 0.0301. The Morgan fingerprint density at radius 1 is 0.967 bits per heavy atom. The summed E-state index contributed by atoms with van der Waals surface area (Å²) in [6, 6.07) is 12.7. The molecule has 2 rings (SSSR count). The van der Waals surface area contributed by atoms with Gasteiger partial charge in [-0.15, -0.1) is 0 Å². The molecule has 0 saturated heterocycles. The third-order valence-electron chi connectivity index (χ3n) is 4.41. The predicted molar refractivity (Wildman–Crippen MR) is 107 cm³/mol. The molecule has 0 aromatic heterocycles. The SMILES string of the molecule is CC(C)[C@H](NC(=O)OCc1ccccc1)C(=O)N[C@H](Cc1ccc(O)cc1)C(=O)[O-]. The standard InChI is InChI=1S/C22H26N2O6/c1-14(2)19(24-22(29)30-13-16-6-4-3-5-7-16)20(26)23-18(21(27)28)12-15-8-10-17(25)11-9-15/h3-11,14,18-19,25H,12-13H2,1-2H3,(H,23,26)(H,24,29)(H,27,28)/p-1/t18-,19+/m1/s1. The number of carboxylic acid groups (broad SMARTS) is 1. The summed E-state index contributed by atoms with van der Waals surface area (Å²) >= 11 is 0. The monoisotopic (exact) mass is 413 g/mol. The van der Waals surface area contributed by atoms with E-state index in [2.05, 4.69) is 10.6 Å². The largest absolute Gasteiger partial charge is 0.548 e. The zero-order valence-electron chi connectivity index (χ0n) is 16.8. The zero-order chi connectivity index (χ0) is 22.1. The van der Waals surface area contributed by atoms with E-state index in [1.165, 1.54) is 12.1 Å². The second kappa shape index (κ2) is 10.8. The first kappa shape index (κ1) is 22.7. The van der Waals surface area contributed by atoms with Crippen LogP contribution >= 0.6 is 0 Å². The van der Waals surface area contributed by atoms with Crippen LogP contribution in [-0.2, 0) is 27.4 Å². The van der Waals surface area contributed by atoms with E-state index in [-0.39, 0.29) is 24.7 Å². The Hall–Kier alpha value is -3.55. The van der Waals surface area contributed by atoms with Gasteiger partial charge < -0.3 is 30.4 Å². The Labute approximate surface area is 174 Å². The number of phenolic OH excluding ortho intramolecular Hbond substituents is 1. The average molecular weight is 413 g/mol. The second-order valence-corrected chi connectivity index (χ2v) is 7.18. The lowest BCUT2D eigenvalue weighted by atomic mass is 10.0. The van der Waals surface area contributed by atoms with Gasteiger partial charge in [-0.25, -0.2) is 4.79 Å². The van der Waals surface area contributed by atoms with Crippen LogP contribution in [0.5, 0.6) is 5.75 Å². The highest BCUT2D eigenvalue weighted by atomic mass is 16.5. The number of benzene rings is 2. The van der Waals surface area contributed by atoms with Crippen molar-refractivity contribution < 1.29 is 29.3 Å². The Morgan fingerprint density at radius 3 is 2.17 bits per heavy atom. The van der Waals surface area contributed by atoms with Crippen LogP contribution in [0.2, 0.25) is 0 Å². The van der Waals surface area contributed by atoms with Crippen LogP contribution in [0.4, 0.5) is 4.79 Å². The number of aromatic hydroxyl groups is 1. The number of aliphatic carboxylic acids is 1. The van der Waals surface area contributed by atoms with Crippen LogP contribution in [-0.4, -0.2) is 35.2 Å². The molecule has 2 aromatic carbocycles. The number of carboxylic acids is 1. The van der Waals surface area contributed by atoms with Gasteiger partial charge in [0.25, 0.3) is 0 Å². The van der Waals surface area contributed by atoms with E-state index in [1.807, 2.05) is 18.2 Å². The van der Waals surface area contributed by atoms with E-state index in [9.17, 15) is 24.6 Å². The molecule has 0 heterocycles. The van der Waals surface area contributed by atoms with E-state index in [4.69, 9.17) is 4.74 Å². The normalized spacial score (nSPS) is 12.6. The van der Waals surface area contributed by atoms with E-state index in [0.29, 0.717) is 5.56 Å². The van der Waals surface area contributed by atoms with Gasteiger partial charge in [-0.05, 0) is 35.6 Å². The van der Waals surface area contributed by atoms with Crippen molar-refractivity contribution in [2.24, 2.45) is 5.92 Å². The summed E-state index contributed by atoms with van der Waals surface area (Å²) in [4.78, 5) is 36.2. The molecule has 0 spiro atoms. The fourth-order valence-electron chi connectivity index (χ4n) is 2.75. The molecule has 0 saturated carbocycles. The molecule has 0 aliphatic rings. The maximum absolute atomic E-state index is 12.6. The highest BCUT2D eigenvalue weighted by Crippen LogP contribution is 2.12. The maximum Gasteiger partial charge on any atom is 0.408 e. The van der Waals surface area contributed by atoms with Crippen LogP contribution in [0.3, 0.4) is 0 Å². The number of ether oxygens (including phenoxy) is 1. The number of rotatable bonds is 9. The minimum atomic E-state index is -1.45. The van der Waals surface area contributed by atoms with E-state index in [0.717, 1.165) is 5.56 Å². The molecule has 2 atom stereocenters. The number of nitrogens with one attached hydrogen (secondary N) is 2. The molecule has 2 aromatic rings. The number of carbonyl (C=O) groups is 3. The quantitative estimate of drug-likeness (QED) is 0.565. The van der Waals surface area contributed by atoms with Crippen LogP contribution in [0.15, 0.2) is 54.6 Å². The Balaban J connectivity index is 1.97. The van der Waals surface area contributed by atoms with Crippen molar-refractivity contribution in [2.45, 2.75) is 39.0 Å². The van der Waals surface area contributed by atoms with E-state index in [1.54, 1.807) is 38.1 Å². The van der Waals surface area contributed by atoms with Gasteiger partial charge in [0.15, 0.2) is 0 Å². The molecule has 3 N–H and O–H groups in total. The van der Waals surface area contributed by atoms with Crippen molar-refractivity contribution in [1.29, 1.82) is 0 Å². The molecule has 8 nitrogen and oxygen atoms in total. The summed E-state index contributed by atoms with van der Waals surface area (Å²) in [5, 5.41) is 25.7. The smallest absolute Gasteiger partial charge is 0.408 e. The minimum Gasteiger partial charge on any atom is -0.548 e. The summed E-state index contributed by atoms with van der Waals surface area (Å²) < 4.78 is 5.14. The molecule has 0 fully saturated rings. The molecule has 0 bridgehead atoms.